The van der Waals surface area contributed by atoms with Gasteiger partial charge in [-0.25, -0.2) is 0 Å². The third-order valence-corrected chi connectivity index (χ3v) is 5.34. The smallest absolute Gasteiger partial charge is 0.220 e. The molecule has 1 aliphatic rings. The van der Waals surface area contributed by atoms with Gasteiger partial charge in [0.15, 0.2) is 0 Å². The molecule has 1 amide bonds. The number of rotatable bonds is 5. The minimum atomic E-state index is 0.194. The Kier molecular flexibility index (Phi) is 5.04. The Morgan fingerprint density at radius 2 is 2.00 bits per heavy atom. The molecule has 1 heterocycles. The summed E-state index contributed by atoms with van der Waals surface area (Å²) in [5.74, 6) is 0.970. The Morgan fingerprint density at radius 3 is 2.78 bits per heavy atom. The van der Waals surface area contributed by atoms with E-state index in [4.69, 9.17) is 0 Å². The standard InChI is InChI=1S/C20H28N2O/c1-15-12-18-13-17(8-10-19(18)22(15)2)14-21-20(23)11-9-16-6-4-3-5-7-16/h8,10,12-13,16H,3-7,9,11,14H2,1-2H3,(H,21,23). The maximum absolute atomic E-state index is 12.1. The van der Waals surface area contributed by atoms with E-state index < -0.39 is 0 Å². The molecule has 1 N–H and O–H groups in total. The third kappa shape index (κ3) is 3.95. The van der Waals surface area contributed by atoms with Gasteiger partial charge in [-0.2, -0.15) is 0 Å². The van der Waals surface area contributed by atoms with Crippen LogP contribution in [-0.2, 0) is 18.4 Å². The quantitative estimate of drug-likeness (QED) is 0.868. The SMILES string of the molecule is Cc1cc2cc(CNC(=O)CCC3CCCCC3)ccc2n1C. The molecule has 23 heavy (non-hydrogen) atoms. The Bertz CT molecular complexity index is 680. The summed E-state index contributed by atoms with van der Waals surface area (Å²) in [7, 11) is 2.09. The first-order valence-electron chi connectivity index (χ1n) is 8.95. The van der Waals surface area contributed by atoms with Crippen molar-refractivity contribution in [2.75, 3.05) is 0 Å². The molecular formula is C20H28N2O. The highest BCUT2D eigenvalue weighted by Gasteiger charge is 2.14. The lowest BCUT2D eigenvalue weighted by molar-refractivity contribution is -0.121. The zero-order chi connectivity index (χ0) is 16.2. The van der Waals surface area contributed by atoms with Crippen LogP contribution < -0.4 is 5.32 Å². The highest BCUT2D eigenvalue weighted by atomic mass is 16.1. The minimum absolute atomic E-state index is 0.194. The summed E-state index contributed by atoms with van der Waals surface area (Å²) in [5.41, 5.74) is 3.68. The van der Waals surface area contributed by atoms with Crippen molar-refractivity contribution < 1.29 is 4.79 Å². The fraction of sp³-hybridized carbons (Fsp3) is 0.550. The van der Waals surface area contributed by atoms with Gasteiger partial charge < -0.3 is 9.88 Å². The number of hydrogen-bond acceptors (Lipinski definition) is 1. The fourth-order valence-corrected chi connectivity index (χ4v) is 3.75. The van der Waals surface area contributed by atoms with Crippen molar-refractivity contribution in [2.45, 2.75) is 58.4 Å². The van der Waals surface area contributed by atoms with Gasteiger partial charge in [-0.3, -0.25) is 4.79 Å². The molecule has 1 saturated carbocycles. The van der Waals surface area contributed by atoms with Crippen LogP contribution in [0.1, 0.15) is 56.2 Å². The van der Waals surface area contributed by atoms with Gasteiger partial charge >= 0.3 is 0 Å². The zero-order valence-electron chi connectivity index (χ0n) is 14.4. The molecule has 0 atom stereocenters. The number of aryl methyl sites for hydroxylation is 2. The number of amides is 1. The molecule has 0 radical (unpaired) electrons. The van der Waals surface area contributed by atoms with Crippen LogP contribution in [0.25, 0.3) is 10.9 Å². The maximum Gasteiger partial charge on any atom is 0.220 e. The molecule has 2 aromatic rings. The van der Waals surface area contributed by atoms with Crippen LogP contribution in [-0.4, -0.2) is 10.5 Å². The molecule has 1 aromatic heterocycles. The van der Waals surface area contributed by atoms with Crippen molar-refractivity contribution in [2.24, 2.45) is 13.0 Å². The topological polar surface area (TPSA) is 34.0 Å². The summed E-state index contributed by atoms with van der Waals surface area (Å²) in [4.78, 5) is 12.1. The number of nitrogens with zero attached hydrogens (tertiary/aromatic N) is 1. The normalized spacial score (nSPS) is 15.9. The van der Waals surface area contributed by atoms with Crippen molar-refractivity contribution in [1.29, 1.82) is 0 Å². The van der Waals surface area contributed by atoms with Crippen LogP contribution in [0.5, 0.6) is 0 Å². The van der Waals surface area contributed by atoms with E-state index in [9.17, 15) is 4.79 Å². The van der Waals surface area contributed by atoms with Crippen LogP contribution in [0.4, 0.5) is 0 Å². The highest BCUT2D eigenvalue weighted by Crippen LogP contribution is 2.27. The van der Waals surface area contributed by atoms with Crippen LogP contribution in [0.15, 0.2) is 24.3 Å². The largest absolute Gasteiger partial charge is 0.352 e. The van der Waals surface area contributed by atoms with Gasteiger partial charge in [-0.15, -0.1) is 0 Å². The lowest BCUT2D eigenvalue weighted by Crippen LogP contribution is -2.23. The molecule has 3 heteroatoms. The molecule has 0 saturated heterocycles. The van der Waals surface area contributed by atoms with E-state index in [-0.39, 0.29) is 5.91 Å². The Labute approximate surface area is 139 Å². The average molecular weight is 312 g/mol. The number of carbonyl (C=O) groups excluding carboxylic acids is 1. The number of carbonyl (C=O) groups is 1. The molecule has 1 fully saturated rings. The molecule has 3 nitrogen and oxygen atoms in total. The van der Waals surface area contributed by atoms with E-state index in [1.165, 1.54) is 54.3 Å². The van der Waals surface area contributed by atoms with Crippen LogP contribution in [0.2, 0.25) is 0 Å². The van der Waals surface area contributed by atoms with Crippen LogP contribution in [0, 0.1) is 12.8 Å². The molecule has 124 valence electrons. The number of fused-ring (bicyclic) bond motifs is 1. The number of hydrogen-bond donors (Lipinski definition) is 1. The van der Waals surface area contributed by atoms with Gasteiger partial charge in [0.1, 0.15) is 0 Å². The molecule has 1 aromatic carbocycles. The number of nitrogens with one attached hydrogen (secondary N) is 1. The van der Waals surface area contributed by atoms with Crippen molar-refractivity contribution >= 4 is 16.8 Å². The minimum Gasteiger partial charge on any atom is -0.352 e. The van der Waals surface area contributed by atoms with Crippen molar-refractivity contribution in [3.05, 3.63) is 35.5 Å². The van der Waals surface area contributed by atoms with Gasteiger partial charge in [0, 0.05) is 36.6 Å². The summed E-state index contributed by atoms with van der Waals surface area (Å²) in [5, 5.41) is 4.33. The zero-order valence-corrected chi connectivity index (χ0v) is 14.4. The lowest BCUT2D eigenvalue weighted by atomic mass is 9.86. The Balaban J connectivity index is 1.50. The average Bonchev–Trinajstić information content (AvgIpc) is 2.86. The first-order valence-corrected chi connectivity index (χ1v) is 8.95. The first-order chi connectivity index (χ1) is 11.1. The molecule has 0 spiro atoms. The molecule has 0 unspecified atom stereocenters. The second-order valence-corrected chi connectivity index (χ2v) is 7.06. The van der Waals surface area contributed by atoms with Crippen molar-refractivity contribution in [3.63, 3.8) is 0 Å². The van der Waals surface area contributed by atoms with Gasteiger partial charge in [-0.1, -0.05) is 38.2 Å². The van der Waals surface area contributed by atoms with E-state index in [1.807, 2.05) is 0 Å². The molecular weight excluding hydrogens is 284 g/mol. The maximum atomic E-state index is 12.1. The Morgan fingerprint density at radius 1 is 1.22 bits per heavy atom. The second-order valence-electron chi connectivity index (χ2n) is 7.06. The van der Waals surface area contributed by atoms with E-state index >= 15 is 0 Å². The number of benzene rings is 1. The second kappa shape index (κ2) is 7.20. The Hall–Kier alpha value is -1.77. The van der Waals surface area contributed by atoms with Gasteiger partial charge in [0.2, 0.25) is 5.91 Å². The summed E-state index contributed by atoms with van der Waals surface area (Å²) < 4.78 is 2.20. The molecule has 0 aliphatic heterocycles. The van der Waals surface area contributed by atoms with Crippen LogP contribution >= 0.6 is 0 Å². The van der Waals surface area contributed by atoms with Crippen LogP contribution in [0.3, 0.4) is 0 Å². The summed E-state index contributed by atoms with van der Waals surface area (Å²) in [6, 6.07) is 8.64. The third-order valence-electron chi connectivity index (χ3n) is 5.34. The molecule has 3 rings (SSSR count). The van der Waals surface area contributed by atoms with Crippen molar-refractivity contribution in [1.82, 2.24) is 9.88 Å². The van der Waals surface area contributed by atoms with Gasteiger partial charge in [-0.05, 0) is 43.0 Å². The van der Waals surface area contributed by atoms with E-state index in [0.29, 0.717) is 13.0 Å². The van der Waals surface area contributed by atoms with Crippen molar-refractivity contribution in [3.8, 4) is 0 Å². The highest BCUT2D eigenvalue weighted by molar-refractivity contribution is 5.82. The number of aromatic nitrogens is 1. The predicted molar refractivity (Wildman–Crippen MR) is 95.3 cm³/mol. The monoisotopic (exact) mass is 312 g/mol. The molecule has 0 bridgehead atoms. The predicted octanol–water partition coefficient (Wildman–Crippen LogP) is 4.46. The van der Waals surface area contributed by atoms with E-state index in [2.05, 4.69) is 48.1 Å². The molecule has 1 aliphatic carbocycles. The van der Waals surface area contributed by atoms with Gasteiger partial charge in [0.25, 0.3) is 0 Å². The van der Waals surface area contributed by atoms with E-state index in [1.54, 1.807) is 0 Å². The fourth-order valence-electron chi connectivity index (χ4n) is 3.75. The van der Waals surface area contributed by atoms with E-state index in [0.717, 1.165) is 12.3 Å². The van der Waals surface area contributed by atoms with Gasteiger partial charge in [0.05, 0.1) is 0 Å². The summed E-state index contributed by atoms with van der Waals surface area (Å²) in [6.07, 6.45) is 8.45. The first kappa shape index (κ1) is 16.1. The summed E-state index contributed by atoms with van der Waals surface area (Å²) >= 11 is 0. The summed E-state index contributed by atoms with van der Waals surface area (Å²) in [6.45, 7) is 2.75. The lowest BCUT2D eigenvalue weighted by Gasteiger charge is -2.21.